The van der Waals surface area contributed by atoms with Crippen molar-refractivity contribution in [1.82, 2.24) is 4.90 Å². The third kappa shape index (κ3) is 2.27. The van der Waals surface area contributed by atoms with Gasteiger partial charge in [0.25, 0.3) is 0 Å². The molecule has 1 saturated heterocycles. The van der Waals surface area contributed by atoms with Crippen molar-refractivity contribution in [3.63, 3.8) is 0 Å². The molecule has 3 heteroatoms. The van der Waals surface area contributed by atoms with E-state index in [1.807, 2.05) is 13.8 Å². The quantitative estimate of drug-likeness (QED) is 0.757. The number of hydrogen-bond acceptors (Lipinski definition) is 2. The van der Waals surface area contributed by atoms with Gasteiger partial charge in [-0.25, -0.2) is 0 Å². The summed E-state index contributed by atoms with van der Waals surface area (Å²) in [5.41, 5.74) is -0.648. The zero-order chi connectivity index (χ0) is 10.6. The van der Waals surface area contributed by atoms with Crippen LogP contribution in [0.15, 0.2) is 0 Å². The molecule has 0 aromatic rings. The Labute approximate surface area is 86.1 Å². The smallest absolute Gasteiger partial charge is 0.323 e. The van der Waals surface area contributed by atoms with Crippen molar-refractivity contribution >= 4 is 5.97 Å². The first-order valence-corrected chi connectivity index (χ1v) is 5.59. The maximum atomic E-state index is 11.2. The van der Waals surface area contributed by atoms with Crippen LogP contribution in [0.4, 0.5) is 0 Å². The van der Waals surface area contributed by atoms with Gasteiger partial charge >= 0.3 is 5.97 Å². The Hall–Kier alpha value is -0.570. The molecule has 3 nitrogen and oxygen atoms in total. The van der Waals surface area contributed by atoms with Gasteiger partial charge in [-0.05, 0) is 39.3 Å². The molecule has 0 radical (unpaired) electrons. The van der Waals surface area contributed by atoms with E-state index in [1.165, 1.54) is 12.8 Å². The molecule has 0 amide bonds. The SMILES string of the molecule is CC[C@](C)(C(=O)O)N1CCCCCC1. The van der Waals surface area contributed by atoms with Gasteiger partial charge in [0.05, 0.1) is 0 Å². The fourth-order valence-electron chi connectivity index (χ4n) is 2.07. The van der Waals surface area contributed by atoms with Gasteiger partial charge in [-0.1, -0.05) is 19.8 Å². The predicted molar refractivity (Wildman–Crippen MR) is 56.4 cm³/mol. The Morgan fingerprint density at radius 2 is 1.79 bits per heavy atom. The molecule has 0 saturated carbocycles. The van der Waals surface area contributed by atoms with Crippen LogP contribution in [0, 0.1) is 0 Å². The molecular formula is C11H21NO2. The number of carboxylic acids is 1. The van der Waals surface area contributed by atoms with Crippen LogP contribution in [-0.4, -0.2) is 34.6 Å². The summed E-state index contributed by atoms with van der Waals surface area (Å²) in [6.07, 6.45) is 5.46. The van der Waals surface area contributed by atoms with Crippen molar-refractivity contribution in [2.45, 2.75) is 51.5 Å². The number of likely N-dealkylation sites (tertiary alicyclic amines) is 1. The molecule has 1 aliphatic heterocycles. The van der Waals surface area contributed by atoms with E-state index in [-0.39, 0.29) is 0 Å². The van der Waals surface area contributed by atoms with Crippen molar-refractivity contribution in [2.75, 3.05) is 13.1 Å². The lowest BCUT2D eigenvalue weighted by Gasteiger charge is -2.36. The molecule has 0 bridgehead atoms. The summed E-state index contributed by atoms with van der Waals surface area (Å²) in [5, 5.41) is 9.23. The number of carbonyl (C=O) groups is 1. The van der Waals surface area contributed by atoms with Crippen molar-refractivity contribution < 1.29 is 9.90 Å². The largest absolute Gasteiger partial charge is 0.480 e. The summed E-state index contributed by atoms with van der Waals surface area (Å²) < 4.78 is 0. The molecule has 0 aliphatic carbocycles. The maximum absolute atomic E-state index is 11.2. The second kappa shape index (κ2) is 4.78. The summed E-state index contributed by atoms with van der Waals surface area (Å²) in [7, 11) is 0. The van der Waals surface area contributed by atoms with Gasteiger partial charge < -0.3 is 5.11 Å². The van der Waals surface area contributed by atoms with Crippen LogP contribution in [0.1, 0.15) is 46.0 Å². The summed E-state index contributed by atoms with van der Waals surface area (Å²) in [6, 6.07) is 0. The molecule has 0 aromatic carbocycles. The average molecular weight is 199 g/mol. The van der Waals surface area contributed by atoms with Gasteiger partial charge in [0.1, 0.15) is 5.54 Å². The second-order valence-electron chi connectivity index (χ2n) is 4.33. The van der Waals surface area contributed by atoms with Gasteiger partial charge in [0.2, 0.25) is 0 Å². The summed E-state index contributed by atoms with van der Waals surface area (Å²) in [5.74, 6) is -0.679. The third-order valence-corrected chi connectivity index (χ3v) is 3.45. The maximum Gasteiger partial charge on any atom is 0.323 e. The van der Waals surface area contributed by atoms with Crippen LogP contribution in [-0.2, 0) is 4.79 Å². The number of hydrogen-bond donors (Lipinski definition) is 1. The highest BCUT2D eigenvalue weighted by atomic mass is 16.4. The van der Waals surface area contributed by atoms with Crippen LogP contribution in [0.2, 0.25) is 0 Å². The predicted octanol–water partition coefficient (Wildman–Crippen LogP) is 2.12. The lowest BCUT2D eigenvalue weighted by molar-refractivity contribution is -0.150. The van der Waals surface area contributed by atoms with E-state index in [1.54, 1.807) is 0 Å². The van der Waals surface area contributed by atoms with Crippen LogP contribution in [0.3, 0.4) is 0 Å². The highest BCUT2D eigenvalue weighted by Crippen LogP contribution is 2.23. The molecule has 1 rings (SSSR count). The van der Waals surface area contributed by atoms with Gasteiger partial charge in [-0.15, -0.1) is 0 Å². The minimum atomic E-state index is -0.679. The van der Waals surface area contributed by atoms with Gasteiger partial charge in [-0.2, -0.15) is 0 Å². The molecule has 1 heterocycles. The molecule has 1 N–H and O–H groups in total. The Morgan fingerprint density at radius 3 is 2.14 bits per heavy atom. The van der Waals surface area contributed by atoms with Crippen molar-refractivity contribution in [3.05, 3.63) is 0 Å². The highest BCUT2D eigenvalue weighted by molar-refractivity contribution is 5.78. The van der Waals surface area contributed by atoms with Crippen LogP contribution in [0.5, 0.6) is 0 Å². The first-order chi connectivity index (χ1) is 6.61. The van der Waals surface area contributed by atoms with Crippen LogP contribution in [0.25, 0.3) is 0 Å². The van der Waals surface area contributed by atoms with E-state index in [0.717, 1.165) is 25.9 Å². The van der Waals surface area contributed by atoms with Crippen molar-refractivity contribution in [1.29, 1.82) is 0 Å². The first kappa shape index (κ1) is 11.5. The molecule has 1 aliphatic rings. The Bertz CT molecular complexity index is 197. The van der Waals surface area contributed by atoms with Gasteiger partial charge in [0.15, 0.2) is 0 Å². The summed E-state index contributed by atoms with van der Waals surface area (Å²) in [6.45, 7) is 5.69. The molecule has 0 unspecified atom stereocenters. The zero-order valence-electron chi connectivity index (χ0n) is 9.25. The summed E-state index contributed by atoms with van der Waals surface area (Å²) in [4.78, 5) is 13.4. The van der Waals surface area contributed by atoms with Crippen LogP contribution < -0.4 is 0 Å². The molecular weight excluding hydrogens is 178 g/mol. The van der Waals surface area contributed by atoms with Crippen LogP contribution >= 0.6 is 0 Å². The van der Waals surface area contributed by atoms with E-state index in [2.05, 4.69) is 4.90 Å². The first-order valence-electron chi connectivity index (χ1n) is 5.59. The molecule has 0 aromatic heterocycles. The Morgan fingerprint density at radius 1 is 1.29 bits per heavy atom. The van der Waals surface area contributed by atoms with Crippen molar-refractivity contribution in [3.8, 4) is 0 Å². The Balaban J connectivity index is 2.71. The minimum absolute atomic E-state index is 0.648. The molecule has 1 fully saturated rings. The number of nitrogens with zero attached hydrogens (tertiary/aromatic N) is 1. The highest BCUT2D eigenvalue weighted by Gasteiger charge is 2.37. The van der Waals surface area contributed by atoms with Crippen molar-refractivity contribution in [2.24, 2.45) is 0 Å². The van der Waals surface area contributed by atoms with E-state index >= 15 is 0 Å². The topological polar surface area (TPSA) is 40.5 Å². The molecule has 14 heavy (non-hydrogen) atoms. The van der Waals surface area contributed by atoms with E-state index in [4.69, 9.17) is 0 Å². The molecule has 82 valence electrons. The van der Waals surface area contributed by atoms with Gasteiger partial charge in [-0.3, -0.25) is 9.69 Å². The summed E-state index contributed by atoms with van der Waals surface area (Å²) >= 11 is 0. The lowest BCUT2D eigenvalue weighted by Crippen LogP contribution is -2.52. The zero-order valence-corrected chi connectivity index (χ0v) is 9.25. The fraction of sp³-hybridized carbons (Fsp3) is 0.909. The standard InChI is InChI=1S/C11H21NO2/c1-3-11(2,10(13)14)12-8-6-4-5-7-9-12/h3-9H2,1-2H3,(H,13,14)/t11-/m1/s1. The average Bonchev–Trinajstić information content (AvgIpc) is 2.44. The molecule has 0 spiro atoms. The Kier molecular flexibility index (Phi) is 3.93. The molecule has 1 atom stereocenters. The van der Waals surface area contributed by atoms with E-state index < -0.39 is 11.5 Å². The second-order valence-corrected chi connectivity index (χ2v) is 4.33. The fourth-order valence-corrected chi connectivity index (χ4v) is 2.07. The lowest BCUT2D eigenvalue weighted by atomic mass is 9.96. The van der Waals surface area contributed by atoms with E-state index in [0.29, 0.717) is 6.42 Å². The monoisotopic (exact) mass is 199 g/mol. The van der Waals surface area contributed by atoms with Gasteiger partial charge in [0, 0.05) is 0 Å². The number of aliphatic carboxylic acids is 1. The third-order valence-electron chi connectivity index (χ3n) is 3.45. The van der Waals surface area contributed by atoms with E-state index in [9.17, 15) is 9.90 Å². The number of rotatable bonds is 3. The minimum Gasteiger partial charge on any atom is -0.480 e. The number of carboxylic acid groups (broad SMARTS) is 1. The normalized spacial score (nSPS) is 23.9.